The van der Waals surface area contributed by atoms with Crippen molar-refractivity contribution in [2.75, 3.05) is 0 Å². The predicted octanol–water partition coefficient (Wildman–Crippen LogP) is 0.425. The number of aromatic nitrogens is 3. The number of hydrogen-bond acceptors (Lipinski definition) is 3. The van der Waals surface area contributed by atoms with Crippen molar-refractivity contribution in [2.24, 2.45) is 0 Å². The molecule has 1 aromatic heterocycles. The normalized spacial score (nSPS) is 17.2. The maximum Gasteiger partial charge on any atom is 0.191 e. The summed E-state index contributed by atoms with van der Waals surface area (Å²) in [5.74, 6) is 0.447. The highest BCUT2D eigenvalue weighted by Gasteiger charge is 2.26. The van der Waals surface area contributed by atoms with Crippen LogP contribution in [0.4, 0.5) is 0 Å². The van der Waals surface area contributed by atoms with Crippen LogP contribution < -0.4 is 0 Å². The molecule has 4 heteroatoms. The lowest BCUT2D eigenvalue weighted by atomic mass is 10.6. The number of rotatable bonds is 2. The summed E-state index contributed by atoms with van der Waals surface area (Å²) < 4.78 is 1.69. The first-order valence-electron chi connectivity index (χ1n) is 3.26. The molecule has 0 saturated heterocycles. The van der Waals surface area contributed by atoms with Crippen molar-refractivity contribution in [1.29, 1.82) is 0 Å². The first kappa shape index (κ1) is 5.58. The van der Waals surface area contributed by atoms with Gasteiger partial charge in [0.15, 0.2) is 12.1 Å². The third-order valence-corrected chi connectivity index (χ3v) is 1.60. The van der Waals surface area contributed by atoms with Gasteiger partial charge in [-0.2, -0.15) is 5.10 Å². The van der Waals surface area contributed by atoms with Gasteiger partial charge < -0.3 is 0 Å². The lowest BCUT2D eigenvalue weighted by Gasteiger charge is -1.94. The molecule has 0 N–H and O–H groups in total. The van der Waals surface area contributed by atoms with E-state index in [1.165, 1.54) is 6.33 Å². The standard InChI is InChI=1S/C6H7N3O/c10-3-6-7-4-8-9(6)5-1-2-5/h3-5H,1-2H2. The second-order valence-corrected chi connectivity index (χ2v) is 2.41. The van der Waals surface area contributed by atoms with Crippen LogP contribution in [-0.2, 0) is 0 Å². The Morgan fingerprint density at radius 3 is 3.10 bits per heavy atom. The van der Waals surface area contributed by atoms with Gasteiger partial charge in [0.25, 0.3) is 0 Å². The summed E-state index contributed by atoms with van der Waals surface area (Å²) >= 11 is 0. The van der Waals surface area contributed by atoms with E-state index in [4.69, 9.17) is 0 Å². The second kappa shape index (κ2) is 1.90. The minimum atomic E-state index is 0.447. The molecule has 0 unspecified atom stereocenters. The molecule has 1 aromatic rings. The van der Waals surface area contributed by atoms with Crippen molar-refractivity contribution in [3.63, 3.8) is 0 Å². The number of aldehydes is 1. The van der Waals surface area contributed by atoms with Crippen LogP contribution in [0.2, 0.25) is 0 Å². The van der Waals surface area contributed by atoms with Crippen LogP contribution in [0.15, 0.2) is 6.33 Å². The highest BCUT2D eigenvalue weighted by Crippen LogP contribution is 2.34. The molecule has 0 spiro atoms. The number of carbonyl (C=O) groups is 1. The van der Waals surface area contributed by atoms with E-state index in [1.807, 2.05) is 0 Å². The fourth-order valence-corrected chi connectivity index (χ4v) is 0.944. The molecule has 52 valence electrons. The van der Waals surface area contributed by atoms with E-state index in [2.05, 4.69) is 10.1 Å². The first-order chi connectivity index (χ1) is 4.92. The summed E-state index contributed by atoms with van der Waals surface area (Å²) in [7, 11) is 0. The second-order valence-electron chi connectivity index (χ2n) is 2.41. The Balaban J connectivity index is 2.37. The van der Waals surface area contributed by atoms with Crippen LogP contribution >= 0.6 is 0 Å². The minimum Gasteiger partial charge on any atom is -0.294 e. The summed E-state index contributed by atoms with van der Waals surface area (Å²) in [5.41, 5.74) is 0. The van der Waals surface area contributed by atoms with Gasteiger partial charge in [-0.15, -0.1) is 0 Å². The highest BCUT2D eigenvalue weighted by molar-refractivity contribution is 5.68. The Kier molecular flexibility index (Phi) is 1.06. The van der Waals surface area contributed by atoms with Gasteiger partial charge in [0, 0.05) is 0 Å². The van der Waals surface area contributed by atoms with Crippen molar-refractivity contribution in [3.05, 3.63) is 12.2 Å². The maximum absolute atomic E-state index is 10.3. The van der Waals surface area contributed by atoms with Crippen molar-refractivity contribution in [1.82, 2.24) is 14.8 Å². The van der Waals surface area contributed by atoms with Crippen molar-refractivity contribution < 1.29 is 4.79 Å². The molecule has 0 aromatic carbocycles. The monoisotopic (exact) mass is 137 g/mol. The maximum atomic E-state index is 10.3. The quantitative estimate of drug-likeness (QED) is 0.555. The Hall–Kier alpha value is -1.19. The van der Waals surface area contributed by atoms with E-state index >= 15 is 0 Å². The summed E-state index contributed by atoms with van der Waals surface area (Å²) in [6.07, 6.45) is 4.42. The van der Waals surface area contributed by atoms with Crippen molar-refractivity contribution in [3.8, 4) is 0 Å². The first-order valence-corrected chi connectivity index (χ1v) is 3.26. The third-order valence-electron chi connectivity index (χ3n) is 1.60. The van der Waals surface area contributed by atoms with E-state index in [9.17, 15) is 4.79 Å². The van der Waals surface area contributed by atoms with Crippen LogP contribution in [0.3, 0.4) is 0 Å². The molecule has 0 bridgehead atoms. The fraction of sp³-hybridized carbons (Fsp3) is 0.500. The molecule has 0 radical (unpaired) electrons. The lowest BCUT2D eigenvalue weighted by Crippen LogP contribution is -2.01. The molecule has 4 nitrogen and oxygen atoms in total. The van der Waals surface area contributed by atoms with E-state index in [1.54, 1.807) is 4.68 Å². The van der Waals surface area contributed by atoms with Crippen molar-refractivity contribution in [2.45, 2.75) is 18.9 Å². The van der Waals surface area contributed by atoms with Crippen molar-refractivity contribution >= 4 is 6.29 Å². The van der Waals surface area contributed by atoms with Gasteiger partial charge in [-0.25, -0.2) is 9.67 Å². The topological polar surface area (TPSA) is 47.8 Å². The van der Waals surface area contributed by atoms with Crippen LogP contribution in [0.5, 0.6) is 0 Å². The third kappa shape index (κ3) is 0.725. The SMILES string of the molecule is O=Cc1ncnn1C1CC1. The zero-order valence-corrected chi connectivity index (χ0v) is 5.40. The zero-order chi connectivity index (χ0) is 6.97. The Morgan fingerprint density at radius 2 is 2.50 bits per heavy atom. The average molecular weight is 137 g/mol. The van der Waals surface area contributed by atoms with E-state index in [0.717, 1.165) is 19.1 Å². The van der Waals surface area contributed by atoms with Gasteiger partial charge in [0.1, 0.15) is 6.33 Å². The predicted molar refractivity (Wildman–Crippen MR) is 33.7 cm³/mol. The van der Waals surface area contributed by atoms with Gasteiger partial charge in [-0.1, -0.05) is 0 Å². The smallest absolute Gasteiger partial charge is 0.191 e. The lowest BCUT2D eigenvalue weighted by molar-refractivity contribution is 0.111. The van der Waals surface area contributed by atoms with E-state index in [0.29, 0.717) is 11.9 Å². The number of carbonyl (C=O) groups excluding carboxylic acids is 1. The van der Waals surface area contributed by atoms with Gasteiger partial charge in [-0.05, 0) is 12.8 Å². The van der Waals surface area contributed by atoms with Crippen LogP contribution in [0.1, 0.15) is 29.5 Å². The molecular weight excluding hydrogens is 130 g/mol. The molecule has 1 aliphatic rings. The van der Waals surface area contributed by atoms with Gasteiger partial charge >= 0.3 is 0 Å². The molecular formula is C6H7N3O. The van der Waals surface area contributed by atoms with E-state index < -0.39 is 0 Å². The molecule has 1 heterocycles. The number of nitrogens with zero attached hydrogens (tertiary/aromatic N) is 3. The molecule has 1 aliphatic carbocycles. The Morgan fingerprint density at radius 1 is 1.70 bits per heavy atom. The molecule has 1 fully saturated rings. The highest BCUT2D eigenvalue weighted by atomic mass is 16.1. The molecule has 1 saturated carbocycles. The molecule has 2 rings (SSSR count). The van der Waals surface area contributed by atoms with Crippen LogP contribution in [-0.4, -0.2) is 21.1 Å². The molecule has 0 aliphatic heterocycles. The largest absolute Gasteiger partial charge is 0.294 e. The fourth-order valence-electron chi connectivity index (χ4n) is 0.944. The van der Waals surface area contributed by atoms with Gasteiger partial charge in [-0.3, -0.25) is 4.79 Å². The Bertz CT molecular complexity index is 251. The summed E-state index contributed by atoms with van der Waals surface area (Å²) in [4.78, 5) is 14.1. The summed E-state index contributed by atoms with van der Waals surface area (Å²) in [6.45, 7) is 0. The van der Waals surface area contributed by atoms with Gasteiger partial charge in [0.2, 0.25) is 0 Å². The van der Waals surface area contributed by atoms with Crippen LogP contribution in [0.25, 0.3) is 0 Å². The minimum absolute atomic E-state index is 0.447. The number of hydrogen-bond donors (Lipinski definition) is 0. The summed E-state index contributed by atoms with van der Waals surface area (Å²) in [5, 5.41) is 3.92. The Labute approximate surface area is 57.9 Å². The van der Waals surface area contributed by atoms with Gasteiger partial charge in [0.05, 0.1) is 6.04 Å². The van der Waals surface area contributed by atoms with E-state index in [-0.39, 0.29) is 0 Å². The molecule has 10 heavy (non-hydrogen) atoms. The molecule has 0 atom stereocenters. The molecule has 0 amide bonds. The zero-order valence-electron chi connectivity index (χ0n) is 5.40. The van der Waals surface area contributed by atoms with Crippen LogP contribution in [0, 0.1) is 0 Å². The summed E-state index contributed by atoms with van der Waals surface area (Å²) in [6, 6.07) is 0.447. The average Bonchev–Trinajstić information content (AvgIpc) is 2.69.